The number of hydrogen-bond donors (Lipinski definition) is 3. The molecule has 4 aromatic rings. The molecule has 0 spiro atoms. The Morgan fingerprint density at radius 3 is 2.62 bits per heavy atom. The third-order valence-corrected chi connectivity index (χ3v) is 7.31. The van der Waals surface area contributed by atoms with E-state index in [9.17, 15) is 13.3 Å². The van der Waals surface area contributed by atoms with Crippen molar-refractivity contribution in [2.45, 2.75) is 44.6 Å². The number of phosphoric acid groups is 1. The highest BCUT2D eigenvalue weighted by molar-refractivity contribution is 7.46. The first-order chi connectivity index (χ1) is 17.5. The van der Waals surface area contributed by atoms with Gasteiger partial charge in [0.1, 0.15) is 17.2 Å². The van der Waals surface area contributed by atoms with Crippen LogP contribution in [0.4, 0.5) is 14.5 Å². The van der Waals surface area contributed by atoms with Gasteiger partial charge < -0.3 is 24.4 Å². The monoisotopic (exact) mass is 529 g/mol. The Labute approximate surface area is 209 Å². The van der Waals surface area contributed by atoms with E-state index in [1.165, 1.54) is 13.8 Å². The van der Waals surface area contributed by atoms with Crippen LogP contribution in [0.25, 0.3) is 22.2 Å². The van der Waals surface area contributed by atoms with E-state index >= 15 is 0 Å². The molecule has 4 heterocycles. The van der Waals surface area contributed by atoms with Gasteiger partial charge in [0, 0.05) is 29.2 Å². The van der Waals surface area contributed by atoms with Crippen LogP contribution in [0.1, 0.15) is 49.6 Å². The molecule has 0 saturated heterocycles. The van der Waals surface area contributed by atoms with E-state index in [1.807, 2.05) is 24.3 Å². The Kier molecular flexibility index (Phi) is 5.36. The Balaban J connectivity index is 1.39. The lowest BCUT2D eigenvalue weighted by Crippen LogP contribution is -2.23. The van der Waals surface area contributed by atoms with Crippen molar-refractivity contribution in [2.24, 2.45) is 0 Å². The molecule has 3 N–H and O–H groups in total. The van der Waals surface area contributed by atoms with Crippen molar-refractivity contribution in [3.8, 4) is 16.9 Å². The lowest BCUT2D eigenvalue weighted by Gasteiger charge is -2.27. The molecule has 0 aliphatic carbocycles. The van der Waals surface area contributed by atoms with Crippen molar-refractivity contribution in [3.05, 3.63) is 66.0 Å². The highest BCUT2D eigenvalue weighted by Gasteiger charge is 2.42. The molecule has 6 rings (SSSR count). The van der Waals surface area contributed by atoms with E-state index in [-0.39, 0.29) is 23.7 Å². The molecule has 2 aromatic carbocycles. The first-order valence-corrected chi connectivity index (χ1v) is 13.0. The summed E-state index contributed by atoms with van der Waals surface area (Å²) >= 11 is 0. The first kappa shape index (κ1) is 23.9. The lowest BCUT2D eigenvalue weighted by molar-refractivity contribution is -0.0506. The molecule has 2 atom stereocenters. The van der Waals surface area contributed by atoms with Gasteiger partial charge >= 0.3 is 14.4 Å². The minimum Gasteiger partial charge on any atom is -0.434 e. The highest BCUT2D eigenvalue weighted by Crippen LogP contribution is 2.52. The Morgan fingerprint density at radius 1 is 1.16 bits per heavy atom. The minimum absolute atomic E-state index is 0.0611. The normalized spacial score (nSPS) is 18.6. The number of benzene rings is 2. The van der Waals surface area contributed by atoms with Gasteiger partial charge in [0.2, 0.25) is 0 Å². The molecule has 2 aliphatic heterocycles. The van der Waals surface area contributed by atoms with Crippen LogP contribution < -0.4 is 10.1 Å². The van der Waals surface area contributed by atoms with Gasteiger partial charge in [-0.25, -0.2) is 19.5 Å². The van der Waals surface area contributed by atoms with Gasteiger partial charge in [-0.1, -0.05) is 12.1 Å². The van der Waals surface area contributed by atoms with Crippen LogP contribution in [0, 0.1) is 0 Å². The minimum atomic E-state index is -4.74. The lowest BCUT2D eigenvalue weighted by atomic mass is 9.95. The fraction of sp³-hybridized carbons (Fsp3) is 0.292. The second kappa shape index (κ2) is 8.29. The van der Waals surface area contributed by atoms with Crippen molar-refractivity contribution in [1.82, 2.24) is 19.5 Å². The largest absolute Gasteiger partial charge is 0.470 e. The number of phosphoric ester groups is 1. The van der Waals surface area contributed by atoms with E-state index in [1.54, 1.807) is 24.5 Å². The van der Waals surface area contributed by atoms with Gasteiger partial charge in [0.15, 0.2) is 5.82 Å². The zero-order valence-corrected chi connectivity index (χ0v) is 20.6. The van der Waals surface area contributed by atoms with Crippen LogP contribution in [0.2, 0.25) is 0 Å². The number of alkyl halides is 2. The van der Waals surface area contributed by atoms with Crippen molar-refractivity contribution < 1.29 is 32.4 Å². The Bertz CT molecular complexity index is 1570. The first-order valence-electron chi connectivity index (χ1n) is 11.5. The number of hydrogen-bond acceptors (Lipinski definition) is 7. The summed E-state index contributed by atoms with van der Waals surface area (Å²) in [6, 6.07) is 10.5. The number of ether oxygens (including phenoxy) is 1. The Hall–Kier alpha value is -3.44. The van der Waals surface area contributed by atoms with E-state index in [0.717, 1.165) is 28.1 Å². The highest BCUT2D eigenvalue weighted by atomic mass is 31.2. The molecule has 0 radical (unpaired) electrons. The topological polar surface area (TPSA) is 132 Å². The summed E-state index contributed by atoms with van der Waals surface area (Å²) in [5, 5.41) is 3.41. The molecule has 0 saturated carbocycles. The molecule has 0 amide bonds. The Morgan fingerprint density at radius 2 is 1.92 bits per heavy atom. The van der Waals surface area contributed by atoms with Gasteiger partial charge in [-0.3, -0.25) is 4.52 Å². The van der Waals surface area contributed by atoms with Crippen molar-refractivity contribution >= 4 is 24.5 Å². The van der Waals surface area contributed by atoms with E-state index < -0.39 is 20.0 Å². The average Bonchev–Trinajstić information content (AvgIpc) is 3.32. The summed E-state index contributed by atoms with van der Waals surface area (Å²) in [6.45, 7) is 0.00774. The van der Waals surface area contributed by atoms with Gasteiger partial charge in [0.05, 0.1) is 23.1 Å². The van der Waals surface area contributed by atoms with Crippen LogP contribution in [0.15, 0.2) is 48.8 Å². The number of rotatable bonds is 6. The summed E-state index contributed by atoms with van der Waals surface area (Å²) in [5.41, 5.74) is 3.08. The average molecular weight is 529 g/mol. The fourth-order valence-electron chi connectivity index (χ4n) is 5.20. The SMILES string of the molecule is CC(C)(OP(=O)(O)O)c1ncc(-c2ccc3nc4n(c3c2)[C@@H]2C[C@H]4Nc3cccc(OC(F)F)c32)cn1. The number of anilines is 1. The summed E-state index contributed by atoms with van der Waals surface area (Å²) < 4.78 is 49.3. The van der Waals surface area contributed by atoms with E-state index in [0.29, 0.717) is 17.5 Å². The van der Waals surface area contributed by atoms with Crippen LogP contribution in [0.5, 0.6) is 5.75 Å². The molecule has 2 aliphatic rings. The smallest absolute Gasteiger partial charge is 0.434 e. The third-order valence-electron chi connectivity index (χ3n) is 6.62. The molecule has 192 valence electrons. The predicted octanol–water partition coefficient (Wildman–Crippen LogP) is 4.90. The molecule has 0 fully saturated rings. The standard InChI is InChI=1S/C24H22F2N5O5P/c1-24(2,36-37(32,33)34)22-27-10-13(11-28-22)12-6-7-14-17(8-12)31-18-9-16(21(31)30-14)29-15-4-3-5-19(20(15)18)35-23(25)26/h3-8,10-11,16,18,23,29H,9H2,1-2H3,(H2,32,33,34)/t16-,18-/m1/s1. The number of halogens is 2. The summed E-state index contributed by atoms with van der Waals surface area (Å²) in [7, 11) is -4.74. The molecule has 37 heavy (non-hydrogen) atoms. The second-order valence-electron chi connectivity index (χ2n) is 9.48. The van der Waals surface area contributed by atoms with Crippen LogP contribution in [-0.4, -0.2) is 35.9 Å². The van der Waals surface area contributed by atoms with Crippen LogP contribution in [-0.2, 0) is 14.7 Å². The van der Waals surface area contributed by atoms with E-state index in [2.05, 4.69) is 19.9 Å². The van der Waals surface area contributed by atoms with Gasteiger partial charge in [-0.15, -0.1) is 0 Å². The molecular weight excluding hydrogens is 507 g/mol. The second-order valence-corrected chi connectivity index (χ2v) is 10.6. The molecule has 13 heteroatoms. The fourth-order valence-corrected chi connectivity index (χ4v) is 5.87. The van der Waals surface area contributed by atoms with Crippen LogP contribution >= 0.6 is 7.82 Å². The van der Waals surface area contributed by atoms with Gasteiger partial charge in [-0.2, -0.15) is 8.78 Å². The number of imidazole rings is 1. The maximum atomic E-state index is 13.1. The molecule has 2 bridgehead atoms. The van der Waals surface area contributed by atoms with Gasteiger partial charge in [-0.05, 0) is 50.1 Å². The molecule has 2 aromatic heterocycles. The van der Waals surface area contributed by atoms with Gasteiger partial charge in [0.25, 0.3) is 0 Å². The van der Waals surface area contributed by atoms with E-state index in [4.69, 9.17) is 24.0 Å². The summed E-state index contributed by atoms with van der Waals surface area (Å²) in [4.78, 5) is 31.7. The third kappa shape index (κ3) is 4.15. The maximum Gasteiger partial charge on any atom is 0.470 e. The molecule has 10 nitrogen and oxygen atoms in total. The quantitative estimate of drug-likeness (QED) is 0.299. The number of aromatic nitrogens is 4. The number of nitrogens with one attached hydrogen (secondary N) is 1. The summed E-state index contributed by atoms with van der Waals surface area (Å²) in [6.07, 6.45) is 3.77. The van der Waals surface area contributed by atoms with Crippen LogP contribution in [0.3, 0.4) is 0 Å². The summed E-state index contributed by atoms with van der Waals surface area (Å²) in [5.74, 6) is 1.08. The number of nitrogens with zero attached hydrogens (tertiary/aromatic N) is 4. The zero-order valence-electron chi connectivity index (χ0n) is 19.7. The number of fused-ring (bicyclic) bond motifs is 9. The zero-order chi connectivity index (χ0) is 26.1. The van der Waals surface area contributed by atoms with Crippen molar-refractivity contribution in [3.63, 3.8) is 0 Å². The van der Waals surface area contributed by atoms with Crippen molar-refractivity contribution in [1.29, 1.82) is 0 Å². The maximum absolute atomic E-state index is 13.1. The molecular formula is C24H22F2N5O5P. The van der Waals surface area contributed by atoms with Crippen molar-refractivity contribution in [2.75, 3.05) is 5.32 Å². The predicted molar refractivity (Wildman–Crippen MR) is 129 cm³/mol. The molecule has 0 unspecified atom stereocenters.